The fraction of sp³-hybridized carbons (Fsp3) is 0.688. The summed E-state index contributed by atoms with van der Waals surface area (Å²) in [6, 6.07) is 4.11. The molecule has 4 rings (SSSR count). The summed E-state index contributed by atoms with van der Waals surface area (Å²) in [5.74, 6) is 1.38. The van der Waals surface area contributed by atoms with Crippen LogP contribution in [0.5, 0.6) is 0 Å². The average molecular weight is 329 g/mol. The van der Waals surface area contributed by atoms with Crippen molar-refractivity contribution in [2.75, 3.05) is 18.0 Å². The lowest BCUT2D eigenvalue weighted by atomic mass is 9.88. The van der Waals surface area contributed by atoms with Crippen LogP contribution in [-0.4, -0.2) is 50.3 Å². The summed E-state index contributed by atoms with van der Waals surface area (Å²) >= 11 is 0. The Morgan fingerprint density at radius 3 is 2.67 bits per heavy atom. The van der Waals surface area contributed by atoms with Crippen LogP contribution < -0.4 is 10.2 Å². The van der Waals surface area contributed by atoms with E-state index in [0.717, 1.165) is 44.6 Å². The second kappa shape index (κ2) is 6.70. The first-order chi connectivity index (χ1) is 11.8. The van der Waals surface area contributed by atoms with Gasteiger partial charge < -0.3 is 10.2 Å². The molecule has 0 unspecified atom stereocenters. The monoisotopic (exact) mass is 329 g/mol. The van der Waals surface area contributed by atoms with Crippen LogP contribution in [0, 0.1) is 5.92 Å². The van der Waals surface area contributed by atoms with Gasteiger partial charge in [0.05, 0.1) is 0 Å². The van der Waals surface area contributed by atoms with Crippen molar-refractivity contribution in [3.63, 3.8) is 0 Å². The molecule has 1 saturated carbocycles. The fourth-order valence-corrected chi connectivity index (χ4v) is 3.75. The maximum atomic E-state index is 12.4. The van der Waals surface area contributed by atoms with Gasteiger partial charge in [-0.1, -0.05) is 19.3 Å². The van der Waals surface area contributed by atoms with Crippen LogP contribution in [0.4, 0.5) is 5.82 Å². The van der Waals surface area contributed by atoms with Gasteiger partial charge in [-0.05, 0) is 48.2 Å². The molecule has 2 aromatic heterocycles. The molecule has 8 nitrogen and oxygen atoms in total. The zero-order valence-corrected chi connectivity index (χ0v) is 13.8. The highest BCUT2D eigenvalue weighted by Crippen LogP contribution is 2.24. The summed E-state index contributed by atoms with van der Waals surface area (Å²) < 4.78 is 1.45. The van der Waals surface area contributed by atoms with E-state index < -0.39 is 0 Å². The summed E-state index contributed by atoms with van der Waals surface area (Å²) in [5.41, 5.74) is 0.647. The molecule has 0 aromatic carbocycles. The molecule has 0 spiro atoms. The van der Waals surface area contributed by atoms with Gasteiger partial charge in [-0.15, -0.1) is 14.8 Å². The van der Waals surface area contributed by atoms with Crippen molar-refractivity contribution < 1.29 is 4.79 Å². The molecule has 0 atom stereocenters. The van der Waals surface area contributed by atoms with Gasteiger partial charge in [0, 0.05) is 25.0 Å². The lowest BCUT2D eigenvalue weighted by Crippen LogP contribution is -2.46. The minimum absolute atomic E-state index is 0.237. The van der Waals surface area contributed by atoms with E-state index in [1.165, 1.54) is 23.9 Å². The summed E-state index contributed by atoms with van der Waals surface area (Å²) in [7, 11) is 0. The van der Waals surface area contributed by atoms with Crippen molar-refractivity contribution >= 4 is 17.4 Å². The number of piperidine rings is 1. The van der Waals surface area contributed by atoms with Gasteiger partial charge in [-0.3, -0.25) is 4.79 Å². The molecule has 2 aromatic rings. The maximum absolute atomic E-state index is 12.4. The van der Waals surface area contributed by atoms with E-state index in [2.05, 4.69) is 30.8 Å². The smallest absolute Gasteiger partial charge is 0.223 e. The quantitative estimate of drug-likeness (QED) is 0.910. The van der Waals surface area contributed by atoms with Crippen molar-refractivity contribution in [2.24, 2.45) is 5.92 Å². The highest BCUT2D eigenvalue weighted by Gasteiger charge is 2.26. The molecule has 3 heterocycles. The third-order valence-corrected chi connectivity index (χ3v) is 5.20. The minimum Gasteiger partial charge on any atom is -0.355 e. The number of fused-ring (bicyclic) bond motifs is 1. The van der Waals surface area contributed by atoms with E-state index in [1.807, 2.05) is 12.1 Å². The Labute approximate surface area is 140 Å². The predicted molar refractivity (Wildman–Crippen MR) is 88.5 cm³/mol. The Hall–Kier alpha value is -2.25. The molecule has 0 bridgehead atoms. The molecule has 1 saturated heterocycles. The van der Waals surface area contributed by atoms with Gasteiger partial charge in [0.15, 0.2) is 11.5 Å². The number of tetrazole rings is 1. The molecule has 1 aliphatic carbocycles. The number of carbonyl (C=O) groups is 1. The van der Waals surface area contributed by atoms with Crippen molar-refractivity contribution in [1.82, 2.24) is 30.6 Å². The topological polar surface area (TPSA) is 88.3 Å². The minimum atomic E-state index is 0.237. The molecule has 24 heavy (non-hydrogen) atoms. The standard InChI is InChI=1S/C16H23N7O/c24-16(12-4-2-1-3-5-12)17-13-8-10-22(11-9-13)15-7-6-14-18-20-21-23(14)19-15/h6-7,12-13H,1-5,8-11H2,(H,17,24). The lowest BCUT2D eigenvalue weighted by molar-refractivity contribution is -0.126. The molecule has 0 radical (unpaired) electrons. The molecule has 1 aliphatic heterocycles. The van der Waals surface area contributed by atoms with Crippen LogP contribution in [0.15, 0.2) is 12.1 Å². The third kappa shape index (κ3) is 3.18. The number of hydrogen-bond acceptors (Lipinski definition) is 6. The average Bonchev–Trinajstić information content (AvgIpc) is 3.11. The molecule has 2 aliphatic rings. The van der Waals surface area contributed by atoms with Gasteiger partial charge in [0.25, 0.3) is 0 Å². The Balaban J connectivity index is 1.32. The first-order valence-corrected chi connectivity index (χ1v) is 8.90. The Morgan fingerprint density at radius 1 is 1.08 bits per heavy atom. The summed E-state index contributed by atoms with van der Waals surface area (Å²) in [6.07, 6.45) is 7.69. The second-order valence-electron chi connectivity index (χ2n) is 6.82. The van der Waals surface area contributed by atoms with E-state index in [0.29, 0.717) is 5.65 Å². The van der Waals surface area contributed by atoms with Gasteiger partial charge in [-0.25, -0.2) is 0 Å². The summed E-state index contributed by atoms with van der Waals surface area (Å²) in [6.45, 7) is 1.77. The van der Waals surface area contributed by atoms with E-state index in [4.69, 9.17) is 0 Å². The summed E-state index contributed by atoms with van der Waals surface area (Å²) in [5, 5.41) is 19.0. The van der Waals surface area contributed by atoms with Gasteiger partial charge in [-0.2, -0.15) is 0 Å². The number of hydrogen-bond donors (Lipinski definition) is 1. The molecule has 1 N–H and O–H groups in total. The SMILES string of the molecule is O=C(NC1CCN(c2ccc3nnnn3n2)CC1)C1CCCCC1. The van der Waals surface area contributed by atoms with Crippen LogP contribution in [0.1, 0.15) is 44.9 Å². The van der Waals surface area contributed by atoms with Crippen molar-refractivity contribution in [3.05, 3.63) is 12.1 Å². The molecule has 8 heteroatoms. The molecular formula is C16H23N7O. The van der Waals surface area contributed by atoms with Crippen molar-refractivity contribution in [3.8, 4) is 0 Å². The summed E-state index contributed by atoms with van der Waals surface area (Å²) in [4.78, 5) is 14.6. The van der Waals surface area contributed by atoms with E-state index in [1.54, 1.807) is 0 Å². The first kappa shape index (κ1) is 15.3. The molecule has 1 amide bonds. The Bertz CT molecular complexity index is 701. The predicted octanol–water partition coefficient (Wildman–Crippen LogP) is 1.18. The Morgan fingerprint density at radius 2 is 1.88 bits per heavy atom. The zero-order chi connectivity index (χ0) is 16.4. The van der Waals surface area contributed by atoms with E-state index >= 15 is 0 Å². The highest BCUT2D eigenvalue weighted by atomic mass is 16.1. The number of nitrogens with zero attached hydrogens (tertiary/aromatic N) is 6. The number of carbonyl (C=O) groups excluding carboxylic acids is 1. The largest absolute Gasteiger partial charge is 0.355 e. The molecule has 128 valence electrons. The van der Waals surface area contributed by atoms with Crippen LogP contribution in [0.2, 0.25) is 0 Å². The van der Waals surface area contributed by atoms with Gasteiger partial charge >= 0.3 is 0 Å². The highest BCUT2D eigenvalue weighted by molar-refractivity contribution is 5.79. The van der Waals surface area contributed by atoms with Crippen LogP contribution in [0.25, 0.3) is 5.65 Å². The second-order valence-corrected chi connectivity index (χ2v) is 6.82. The van der Waals surface area contributed by atoms with Crippen molar-refractivity contribution in [1.29, 1.82) is 0 Å². The number of rotatable bonds is 3. The molecule has 2 fully saturated rings. The number of nitrogens with one attached hydrogen (secondary N) is 1. The first-order valence-electron chi connectivity index (χ1n) is 8.90. The number of anilines is 1. The van der Waals surface area contributed by atoms with Gasteiger partial charge in [0.1, 0.15) is 0 Å². The number of aromatic nitrogens is 5. The number of amides is 1. The van der Waals surface area contributed by atoms with Crippen LogP contribution >= 0.6 is 0 Å². The van der Waals surface area contributed by atoms with Crippen LogP contribution in [-0.2, 0) is 4.79 Å². The normalized spacial score (nSPS) is 20.4. The maximum Gasteiger partial charge on any atom is 0.223 e. The van der Waals surface area contributed by atoms with E-state index in [9.17, 15) is 4.79 Å². The van der Waals surface area contributed by atoms with E-state index in [-0.39, 0.29) is 17.9 Å². The molecular weight excluding hydrogens is 306 g/mol. The zero-order valence-electron chi connectivity index (χ0n) is 13.8. The Kier molecular flexibility index (Phi) is 4.27. The fourth-order valence-electron chi connectivity index (χ4n) is 3.75. The van der Waals surface area contributed by atoms with Crippen LogP contribution in [0.3, 0.4) is 0 Å². The van der Waals surface area contributed by atoms with Crippen molar-refractivity contribution in [2.45, 2.75) is 51.0 Å². The third-order valence-electron chi connectivity index (χ3n) is 5.20. The van der Waals surface area contributed by atoms with Gasteiger partial charge in [0.2, 0.25) is 5.91 Å². The lowest BCUT2D eigenvalue weighted by Gasteiger charge is -2.34.